The summed E-state index contributed by atoms with van der Waals surface area (Å²) in [6.45, 7) is 5.85. The number of carbonyl (C=O) groups excluding carboxylic acids is 2. The number of rotatable bonds is 7. The highest BCUT2D eigenvalue weighted by atomic mass is 16.5. The summed E-state index contributed by atoms with van der Waals surface area (Å²) in [7, 11) is 1.63. The van der Waals surface area contributed by atoms with Gasteiger partial charge in [-0.3, -0.25) is 9.59 Å². The van der Waals surface area contributed by atoms with Crippen LogP contribution in [-0.2, 0) is 15.1 Å². The molecule has 1 aromatic carbocycles. The third-order valence-electron chi connectivity index (χ3n) is 4.43. The zero-order valence-electron chi connectivity index (χ0n) is 13.8. The second-order valence-electron chi connectivity index (χ2n) is 5.77. The fourth-order valence-electron chi connectivity index (χ4n) is 2.88. The first kappa shape index (κ1) is 17.1. The number of nitrogens with one attached hydrogen (secondary N) is 1. The van der Waals surface area contributed by atoms with Crippen molar-refractivity contribution in [1.82, 2.24) is 10.2 Å². The normalized spacial score (nSPS) is 15.2. The fourth-order valence-corrected chi connectivity index (χ4v) is 2.88. The van der Waals surface area contributed by atoms with Gasteiger partial charge in [-0.05, 0) is 50.0 Å². The molecule has 1 saturated carbocycles. The standard InChI is InChI=1S/C18H24N2O3/c1-4-17(22)20(5-2)13-16(21)19-18(11-6-12-18)14-7-9-15(23-3)10-8-14/h4,7-10H,1,5-6,11-13H2,2-3H3,(H,19,21). The predicted octanol–water partition coefficient (Wildman–Crippen LogP) is 2.23. The van der Waals surface area contributed by atoms with E-state index < -0.39 is 0 Å². The lowest BCUT2D eigenvalue weighted by Gasteiger charge is -2.43. The van der Waals surface area contributed by atoms with Crippen LogP contribution in [0.15, 0.2) is 36.9 Å². The second kappa shape index (κ2) is 7.31. The number of hydrogen-bond donors (Lipinski definition) is 1. The first-order valence-electron chi connectivity index (χ1n) is 7.91. The number of benzene rings is 1. The lowest BCUT2D eigenvalue weighted by molar-refractivity contribution is -0.133. The van der Waals surface area contributed by atoms with E-state index in [0.717, 1.165) is 30.6 Å². The van der Waals surface area contributed by atoms with E-state index in [1.54, 1.807) is 7.11 Å². The van der Waals surface area contributed by atoms with Crippen LogP contribution in [0.5, 0.6) is 5.75 Å². The Balaban J connectivity index is 2.07. The zero-order chi connectivity index (χ0) is 16.9. The van der Waals surface area contributed by atoms with Gasteiger partial charge in [-0.25, -0.2) is 0 Å². The monoisotopic (exact) mass is 316 g/mol. The quantitative estimate of drug-likeness (QED) is 0.785. The van der Waals surface area contributed by atoms with E-state index >= 15 is 0 Å². The first-order valence-corrected chi connectivity index (χ1v) is 7.91. The molecule has 0 aromatic heterocycles. The van der Waals surface area contributed by atoms with Gasteiger partial charge in [-0.1, -0.05) is 18.7 Å². The highest BCUT2D eigenvalue weighted by Gasteiger charge is 2.40. The van der Waals surface area contributed by atoms with Crippen molar-refractivity contribution in [2.45, 2.75) is 31.7 Å². The summed E-state index contributed by atoms with van der Waals surface area (Å²) < 4.78 is 5.18. The lowest BCUT2D eigenvalue weighted by atomic mass is 9.71. The molecule has 0 saturated heterocycles. The summed E-state index contributed by atoms with van der Waals surface area (Å²) in [5.74, 6) is 0.426. The minimum Gasteiger partial charge on any atom is -0.497 e. The molecule has 124 valence electrons. The molecule has 0 spiro atoms. The van der Waals surface area contributed by atoms with Crippen molar-refractivity contribution in [2.24, 2.45) is 0 Å². The molecule has 1 aliphatic rings. The highest BCUT2D eigenvalue weighted by Crippen LogP contribution is 2.41. The molecule has 2 amide bonds. The van der Waals surface area contributed by atoms with Crippen LogP contribution >= 0.6 is 0 Å². The minimum absolute atomic E-state index is 0.0548. The molecule has 1 aliphatic carbocycles. The molecule has 1 N–H and O–H groups in total. The van der Waals surface area contributed by atoms with Crippen molar-refractivity contribution < 1.29 is 14.3 Å². The molecule has 0 radical (unpaired) electrons. The predicted molar refractivity (Wildman–Crippen MR) is 89.1 cm³/mol. The molecule has 2 rings (SSSR count). The Hall–Kier alpha value is -2.30. The van der Waals surface area contributed by atoms with Crippen LogP contribution in [0.4, 0.5) is 0 Å². The molecule has 5 heteroatoms. The Labute approximate surface area is 137 Å². The molecule has 0 bridgehead atoms. The van der Waals surface area contributed by atoms with Crippen LogP contribution in [0.1, 0.15) is 31.7 Å². The average Bonchev–Trinajstić information content (AvgIpc) is 2.55. The van der Waals surface area contributed by atoms with Crippen molar-refractivity contribution >= 4 is 11.8 Å². The average molecular weight is 316 g/mol. The van der Waals surface area contributed by atoms with Gasteiger partial charge in [0, 0.05) is 6.54 Å². The Kier molecular flexibility index (Phi) is 5.42. The number of amides is 2. The van der Waals surface area contributed by atoms with E-state index in [0.29, 0.717) is 6.54 Å². The molecule has 0 atom stereocenters. The summed E-state index contributed by atoms with van der Waals surface area (Å²) in [6, 6.07) is 7.79. The third kappa shape index (κ3) is 3.73. The minimum atomic E-state index is -0.319. The summed E-state index contributed by atoms with van der Waals surface area (Å²) in [5.41, 5.74) is 0.760. The summed E-state index contributed by atoms with van der Waals surface area (Å²) in [4.78, 5) is 25.5. The van der Waals surface area contributed by atoms with Crippen LogP contribution in [-0.4, -0.2) is 36.9 Å². The summed E-state index contributed by atoms with van der Waals surface area (Å²) in [6.07, 6.45) is 4.13. The number of nitrogens with zero attached hydrogens (tertiary/aromatic N) is 1. The van der Waals surface area contributed by atoms with Crippen LogP contribution in [0.3, 0.4) is 0 Å². The van der Waals surface area contributed by atoms with Crippen molar-refractivity contribution in [1.29, 1.82) is 0 Å². The molecule has 5 nitrogen and oxygen atoms in total. The number of carbonyl (C=O) groups is 2. The van der Waals surface area contributed by atoms with Crippen molar-refractivity contribution in [3.05, 3.63) is 42.5 Å². The third-order valence-corrected chi connectivity index (χ3v) is 4.43. The van der Waals surface area contributed by atoms with E-state index in [4.69, 9.17) is 4.74 Å². The molecule has 0 unspecified atom stereocenters. The lowest BCUT2D eigenvalue weighted by Crippen LogP contribution is -2.53. The molecule has 1 fully saturated rings. The van der Waals surface area contributed by atoms with E-state index in [2.05, 4.69) is 11.9 Å². The number of ether oxygens (including phenoxy) is 1. The van der Waals surface area contributed by atoms with E-state index in [-0.39, 0.29) is 23.9 Å². The van der Waals surface area contributed by atoms with Crippen LogP contribution in [0, 0.1) is 0 Å². The molecular weight excluding hydrogens is 292 g/mol. The number of methoxy groups -OCH3 is 1. The van der Waals surface area contributed by atoms with Crippen molar-refractivity contribution in [2.75, 3.05) is 20.2 Å². The second-order valence-corrected chi connectivity index (χ2v) is 5.77. The smallest absolute Gasteiger partial charge is 0.246 e. The largest absolute Gasteiger partial charge is 0.497 e. The maximum atomic E-state index is 12.4. The molecular formula is C18H24N2O3. The van der Waals surface area contributed by atoms with E-state index in [9.17, 15) is 9.59 Å². The maximum absolute atomic E-state index is 12.4. The van der Waals surface area contributed by atoms with Gasteiger partial charge in [0.1, 0.15) is 5.75 Å². The first-order chi connectivity index (χ1) is 11.0. The topological polar surface area (TPSA) is 58.6 Å². The van der Waals surface area contributed by atoms with E-state index in [1.807, 2.05) is 31.2 Å². The Morgan fingerprint density at radius 1 is 1.35 bits per heavy atom. The number of likely N-dealkylation sites (N-methyl/N-ethyl adjacent to an activating group) is 1. The van der Waals surface area contributed by atoms with Gasteiger partial charge in [-0.2, -0.15) is 0 Å². The van der Waals surface area contributed by atoms with E-state index in [1.165, 1.54) is 11.0 Å². The molecule has 0 aliphatic heterocycles. The van der Waals surface area contributed by atoms with Gasteiger partial charge in [0.05, 0.1) is 19.2 Å². The maximum Gasteiger partial charge on any atom is 0.246 e. The zero-order valence-corrected chi connectivity index (χ0v) is 13.8. The number of hydrogen-bond acceptors (Lipinski definition) is 3. The fraction of sp³-hybridized carbons (Fsp3) is 0.444. The van der Waals surface area contributed by atoms with Crippen LogP contribution < -0.4 is 10.1 Å². The van der Waals surface area contributed by atoms with Gasteiger partial charge < -0.3 is 15.0 Å². The highest BCUT2D eigenvalue weighted by molar-refractivity contribution is 5.91. The SMILES string of the molecule is C=CC(=O)N(CC)CC(=O)NC1(c2ccc(OC)cc2)CCC1. The van der Waals surface area contributed by atoms with Gasteiger partial charge in [0.25, 0.3) is 0 Å². The Bertz CT molecular complexity index is 576. The van der Waals surface area contributed by atoms with Gasteiger partial charge in [0.2, 0.25) is 11.8 Å². The Morgan fingerprint density at radius 3 is 2.43 bits per heavy atom. The Morgan fingerprint density at radius 2 is 2.00 bits per heavy atom. The summed E-state index contributed by atoms with van der Waals surface area (Å²) >= 11 is 0. The van der Waals surface area contributed by atoms with Crippen molar-refractivity contribution in [3.8, 4) is 5.75 Å². The van der Waals surface area contributed by atoms with Crippen molar-refractivity contribution in [3.63, 3.8) is 0 Å². The van der Waals surface area contributed by atoms with Gasteiger partial charge in [-0.15, -0.1) is 0 Å². The van der Waals surface area contributed by atoms with Crippen LogP contribution in [0.2, 0.25) is 0 Å². The van der Waals surface area contributed by atoms with Gasteiger partial charge >= 0.3 is 0 Å². The summed E-state index contributed by atoms with van der Waals surface area (Å²) in [5, 5.41) is 3.12. The van der Waals surface area contributed by atoms with Gasteiger partial charge in [0.15, 0.2) is 0 Å². The molecule has 1 aromatic rings. The van der Waals surface area contributed by atoms with Crippen LogP contribution in [0.25, 0.3) is 0 Å². The molecule has 23 heavy (non-hydrogen) atoms. The molecule has 0 heterocycles.